The Balaban J connectivity index is 0.927. The van der Waals surface area contributed by atoms with E-state index in [-0.39, 0.29) is 70.0 Å². The van der Waals surface area contributed by atoms with E-state index in [0.29, 0.717) is 30.3 Å². The predicted molar refractivity (Wildman–Crippen MR) is 240 cm³/mol. The average molecular weight is 915 g/mol. The van der Waals surface area contributed by atoms with E-state index in [1.165, 1.54) is 23.9 Å². The summed E-state index contributed by atoms with van der Waals surface area (Å²) in [5, 5.41) is 10.8. The third kappa shape index (κ3) is 10.0. The van der Waals surface area contributed by atoms with E-state index in [9.17, 15) is 32.4 Å². The Labute approximate surface area is 376 Å². The van der Waals surface area contributed by atoms with Gasteiger partial charge in [-0.3, -0.25) is 34.2 Å². The van der Waals surface area contributed by atoms with Gasteiger partial charge >= 0.3 is 0 Å². The maximum atomic E-state index is 13.4. The summed E-state index contributed by atoms with van der Waals surface area (Å²) in [5.41, 5.74) is 3.45. The summed E-state index contributed by atoms with van der Waals surface area (Å²) in [6, 6.07) is 14.1. The van der Waals surface area contributed by atoms with Gasteiger partial charge in [-0.2, -0.15) is 4.98 Å². The van der Waals surface area contributed by atoms with Crippen molar-refractivity contribution in [2.45, 2.75) is 88.5 Å². The maximum absolute atomic E-state index is 13.4. The lowest BCUT2D eigenvalue weighted by molar-refractivity contribution is -0.136. The fraction of sp³-hybridized carbons (Fsp3) is 0.400. The summed E-state index contributed by atoms with van der Waals surface area (Å²) >= 11 is 6.50. The van der Waals surface area contributed by atoms with Gasteiger partial charge in [-0.15, -0.1) is 0 Å². The summed E-state index contributed by atoms with van der Waals surface area (Å²) in [5.74, 6) is -1.67. The van der Waals surface area contributed by atoms with Gasteiger partial charge in [0.1, 0.15) is 23.4 Å². The highest BCUT2D eigenvalue weighted by molar-refractivity contribution is 7.92. The van der Waals surface area contributed by atoms with Gasteiger partial charge in [-0.25, -0.2) is 13.4 Å². The van der Waals surface area contributed by atoms with Gasteiger partial charge in [0.15, 0.2) is 15.7 Å². The summed E-state index contributed by atoms with van der Waals surface area (Å²) in [7, 11) is -3.60. The van der Waals surface area contributed by atoms with Crippen LogP contribution in [0.5, 0.6) is 5.75 Å². The van der Waals surface area contributed by atoms with Crippen LogP contribution in [-0.4, -0.2) is 108 Å². The van der Waals surface area contributed by atoms with Crippen LogP contribution >= 0.6 is 11.6 Å². The molecule has 0 saturated carbocycles. The number of nitrogens with one attached hydrogen (secondary N) is 4. The van der Waals surface area contributed by atoms with E-state index in [2.05, 4.69) is 49.1 Å². The first-order chi connectivity index (χ1) is 30.5. The number of hydrogen-bond donors (Lipinski definition) is 4. The van der Waals surface area contributed by atoms with Crippen LogP contribution < -0.4 is 26.0 Å². The number of amides is 5. The molecule has 3 aliphatic heterocycles. The Morgan fingerprint density at radius 1 is 0.938 bits per heavy atom. The number of aryl methyl sites for hydroxylation is 1. The molecule has 2 fully saturated rings. The van der Waals surface area contributed by atoms with Gasteiger partial charge in [0.05, 0.1) is 57.2 Å². The lowest BCUT2D eigenvalue weighted by atomic mass is 9.86. The van der Waals surface area contributed by atoms with E-state index in [4.69, 9.17) is 21.1 Å². The zero-order chi connectivity index (χ0) is 45.9. The molecule has 1 unspecified atom stereocenters. The minimum absolute atomic E-state index is 0.00291. The van der Waals surface area contributed by atoms with Gasteiger partial charge in [0.2, 0.25) is 23.7 Å². The number of benzene rings is 3. The molecule has 0 spiro atoms. The largest absolute Gasteiger partial charge is 0.489 e. The van der Waals surface area contributed by atoms with Crippen molar-refractivity contribution in [1.29, 1.82) is 0 Å². The zero-order valence-electron chi connectivity index (χ0n) is 36.2. The lowest BCUT2D eigenvalue weighted by Crippen LogP contribution is -2.54. The number of carbonyl (C=O) groups is 5. The Morgan fingerprint density at radius 3 is 2.39 bits per heavy atom. The summed E-state index contributed by atoms with van der Waals surface area (Å²) in [6.45, 7) is 11.5. The number of carbonyl (C=O) groups excluding carboxylic acids is 5. The second-order valence-corrected chi connectivity index (χ2v) is 19.4. The Kier molecular flexibility index (Phi) is 14.0. The Hall–Kier alpha value is -5.95. The monoisotopic (exact) mass is 914 g/mol. The molecule has 3 aromatic carbocycles. The van der Waals surface area contributed by atoms with E-state index >= 15 is 0 Å². The second-order valence-electron chi connectivity index (χ2n) is 16.5. The molecule has 19 heteroatoms. The molecule has 5 amide bonds. The zero-order valence-corrected chi connectivity index (χ0v) is 37.8. The van der Waals surface area contributed by atoms with Crippen LogP contribution in [0.4, 0.5) is 28.8 Å². The lowest BCUT2D eigenvalue weighted by Gasteiger charge is -2.33. The van der Waals surface area contributed by atoms with Crippen molar-refractivity contribution in [1.82, 2.24) is 25.1 Å². The van der Waals surface area contributed by atoms with E-state index in [1.54, 1.807) is 44.2 Å². The van der Waals surface area contributed by atoms with Crippen LogP contribution in [0.25, 0.3) is 0 Å². The highest BCUT2D eigenvalue weighted by Crippen LogP contribution is 2.39. The molecular formula is C45H51ClN8O9S. The minimum Gasteiger partial charge on any atom is -0.489 e. The number of para-hydroxylation sites is 1. The normalized spacial score (nSPS) is 17.2. The molecule has 0 bridgehead atoms. The maximum Gasteiger partial charge on any atom is 0.264 e. The molecule has 4 heterocycles. The third-order valence-corrected chi connectivity index (χ3v) is 13.8. The molecule has 7 rings (SSSR count). The van der Waals surface area contributed by atoms with Gasteiger partial charge in [-0.1, -0.05) is 29.8 Å². The van der Waals surface area contributed by atoms with Crippen LogP contribution in [0, 0.1) is 6.92 Å². The number of rotatable bonds is 16. The fourth-order valence-electron chi connectivity index (χ4n) is 8.06. The molecule has 17 nitrogen and oxygen atoms in total. The molecule has 1 atom stereocenters. The van der Waals surface area contributed by atoms with Crippen molar-refractivity contribution < 1.29 is 41.9 Å². The standard InChI is InChI=1S/C45H51ClN8O9S/c1-25(2)63-36-22-30(27(5)21-34(36)50-45-47-23-31(46)41(52-45)49-32-10-6-7-12-37(32)64(60,61)26(3)4)28-15-17-53(18-16-28)19-20-62-24-39(56)48-33-11-8-9-29-40(33)44(59)54(43(29)58)35-13-14-38(55)51-42(35)57/h6-12,21-23,25-26,28,35H,13-20,24H2,1-5H3,(H,48,56)(H,51,55,57)(H2,47,49,50,52). The second kappa shape index (κ2) is 19.4. The number of anilines is 5. The van der Waals surface area contributed by atoms with Crippen LogP contribution in [0.1, 0.15) is 91.1 Å². The van der Waals surface area contributed by atoms with Crippen LogP contribution in [0.2, 0.25) is 5.02 Å². The van der Waals surface area contributed by atoms with Crippen LogP contribution in [-0.2, 0) is 29.0 Å². The first-order valence-corrected chi connectivity index (χ1v) is 23.1. The predicted octanol–water partition coefficient (Wildman–Crippen LogP) is 6.13. The molecule has 4 N–H and O–H groups in total. The quantitative estimate of drug-likeness (QED) is 0.0735. The summed E-state index contributed by atoms with van der Waals surface area (Å²) in [4.78, 5) is 75.8. The highest BCUT2D eigenvalue weighted by Gasteiger charge is 2.45. The SMILES string of the molecule is Cc1cc(Nc2ncc(Cl)c(Nc3ccccc3S(=O)(=O)C(C)C)n2)c(OC(C)C)cc1C1CCN(CCOCC(=O)Nc2cccc3c2C(=O)N(C2CCC(=O)NC2=O)C3=O)CC1. The van der Waals surface area contributed by atoms with E-state index in [1.807, 2.05) is 19.9 Å². The molecule has 3 aliphatic rings. The van der Waals surface area contributed by atoms with Gasteiger partial charge in [0, 0.05) is 13.0 Å². The molecule has 4 aromatic rings. The third-order valence-electron chi connectivity index (χ3n) is 11.3. The van der Waals surface area contributed by atoms with E-state index in [0.717, 1.165) is 36.4 Å². The number of fused-ring (bicyclic) bond motifs is 1. The topological polar surface area (TPSA) is 218 Å². The van der Waals surface area contributed by atoms with Crippen molar-refractivity contribution in [3.05, 3.63) is 88.1 Å². The first-order valence-electron chi connectivity index (χ1n) is 21.2. The van der Waals surface area contributed by atoms with Crippen molar-refractivity contribution in [2.75, 3.05) is 48.8 Å². The molecule has 338 valence electrons. The van der Waals surface area contributed by atoms with Gasteiger partial charge in [0.25, 0.3) is 11.8 Å². The number of aromatic nitrogens is 2. The summed E-state index contributed by atoms with van der Waals surface area (Å²) < 4.78 is 38.2. The number of hydrogen-bond acceptors (Lipinski definition) is 14. The van der Waals surface area contributed by atoms with Crippen molar-refractivity contribution in [3.63, 3.8) is 0 Å². The average Bonchev–Trinajstić information content (AvgIpc) is 3.50. The Morgan fingerprint density at radius 2 is 1.67 bits per heavy atom. The minimum atomic E-state index is -3.60. The number of likely N-dealkylation sites (tertiary alicyclic amines) is 1. The number of piperidine rings is 2. The van der Waals surface area contributed by atoms with E-state index < -0.39 is 50.7 Å². The number of imide groups is 2. The molecule has 2 saturated heterocycles. The summed E-state index contributed by atoms with van der Waals surface area (Å²) in [6.07, 6.45) is 3.13. The molecule has 64 heavy (non-hydrogen) atoms. The van der Waals surface area contributed by atoms with Gasteiger partial charge in [-0.05, 0) is 120 Å². The molecule has 0 aliphatic carbocycles. The van der Waals surface area contributed by atoms with Gasteiger partial charge < -0.3 is 30.3 Å². The molecule has 0 radical (unpaired) electrons. The van der Waals surface area contributed by atoms with Crippen LogP contribution in [0.3, 0.4) is 0 Å². The number of sulfone groups is 1. The van der Waals surface area contributed by atoms with Crippen molar-refractivity contribution in [3.8, 4) is 5.75 Å². The van der Waals surface area contributed by atoms with Crippen LogP contribution in [0.15, 0.2) is 65.7 Å². The van der Waals surface area contributed by atoms with Crippen molar-refractivity contribution in [2.24, 2.45) is 0 Å². The first kappa shape index (κ1) is 46.1. The number of halogens is 1. The fourth-order valence-corrected chi connectivity index (χ4v) is 9.40. The number of ether oxygens (including phenoxy) is 2. The molecular weight excluding hydrogens is 864 g/mol. The van der Waals surface area contributed by atoms with Crippen molar-refractivity contribution >= 4 is 79.8 Å². The Bertz CT molecular complexity index is 2600. The smallest absolute Gasteiger partial charge is 0.264 e. The molecule has 1 aromatic heterocycles. The highest BCUT2D eigenvalue weighted by atomic mass is 35.5. The number of nitrogens with zero attached hydrogens (tertiary/aromatic N) is 4.